The summed E-state index contributed by atoms with van der Waals surface area (Å²) in [4.78, 5) is 0.716. The lowest BCUT2D eigenvalue weighted by molar-refractivity contribution is 0.521. The van der Waals surface area contributed by atoms with Crippen LogP contribution in [0.5, 0.6) is 0 Å². The minimum absolute atomic E-state index is 0.710. The van der Waals surface area contributed by atoms with E-state index in [1.165, 1.54) is 12.8 Å². The first-order valence-corrected chi connectivity index (χ1v) is 4.96. The molecule has 0 radical (unpaired) electrons. The highest BCUT2D eigenvalue weighted by Gasteiger charge is 2.14. The number of nitrogens with one attached hydrogen (secondary N) is 1. The molecule has 0 saturated carbocycles. The van der Waals surface area contributed by atoms with E-state index in [0.29, 0.717) is 8.88 Å². The molecule has 1 N–H and O–H groups in total. The van der Waals surface area contributed by atoms with Gasteiger partial charge < -0.3 is 5.32 Å². The van der Waals surface area contributed by atoms with Gasteiger partial charge in [-0.25, -0.2) is 0 Å². The van der Waals surface area contributed by atoms with Crippen LogP contribution in [-0.2, 0) is 0 Å². The van der Waals surface area contributed by atoms with Crippen LogP contribution in [0.25, 0.3) is 0 Å². The molecule has 0 bridgehead atoms. The van der Waals surface area contributed by atoms with Gasteiger partial charge in [-0.3, -0.25) is 0 Å². The number of hydrogen-bond acceptors (Lipinski definition) is 1. The van der Waals surface area contributed by atoms with Gasteiger partial charge in [0.15, 0.2) is 0 Å². The lowest BCUT2D eigenvalue weighted by Crippen LogP contribution is -2.35. The largest absolute Gasteiger partial charge is 0.304 e. The highest BCUT2D eigenvalue weighted by molar-refractivity contribution is 14.1. The smallest absolute Gasteiger partial charge is 0.0594 e. The lowest BCUT2D eigenvalue weighted by Gasteiger charge is -2.21. The second kappa shape index (κ2) is 3.37. The van der Waals surface area contributed by atoms with E-state index in [1.54, 1.807) is 0 Å². The number of halogens is 2. The van der Waals surface area contributed by atoms with Gasteiger partial charge in [-0.1, -0.05) is 38.5 Å². The molecule has 1 saturated heterocycles. The van der Waals surface area contributed by atoms with Crippen LogP contribution in [0.2, 0.25) is 0 Å². The molecule has 1 fully saturated rings. The fourth-order valence-electron chi connectivity index (χ4n) is 0.787. The van der Waals surface area contributed by atoms with Gasteiger partial charge >= 0.3 is 0 Å². The Morgan fingerprint density at radius 1 is 1.50 bits per heavy atom. The van der Waals surface area contributed by atoms with Crippen LogP contribution in [0.15, 0.2) is 0 Å². The molecule has 0 spiro atoms. The Hall–Kier alpha value is 1.17. The van der Waals surface area contributed by atoms with E-state index in [1.807, 2.05) is 0 Å². The average molecular weight is 290 g/mol. The molecule has 48 valence electrons. The summed E-state index contributed by atoms with van der Waals surface area (Å²) >= 11 is 5.98. The van der Waals surface area contributed by atoms with Crippen molar-refractivity contribution in [1.29, 1.82) is 0 Å². The van der Waals surface area contributed by atoms with Gasteiger partial charge in [0.2, 0.25) is 0 Å². The van der Waals surface area contributed by atoms with Crippen molar-refractivity contribution < 1.29 is 0 Å². The summed E-state index contributed by atoms with van der Waals surface area (Å²) in [5.41, 5.74) is 0. The molecule has 0 aromatic carbocycles. The average Bonchev–Trinajstić information content (AvgIpc) is 1.77. The summed E-state index contributed by atoms with van der Waals surface area (Å²) in [6.07, 6.45) is 2.62. The van der Waals surface area contributed by atoms with Crippen molar-refractivity contribution in [2.75, 3.05) is 6.54 Å². The Morgan fingerprint density at radius 2 is 2.25 bits per heavy atom. The van der Waals surface area contributed by atoms with Gasteiger partial charge in [-0.05, 0) is 12.8 Å². The Morgan fingerprint density at radius 3 is 2.62 bits per heavy atom. The highest BCUT2D eigenvalue weighted by Crippen LogP contribution is 2.17. The molecule has 0 aromatic heterocycles. The van der Waals surface area contributed by atoms with Crippen LogP contribution in [0.4, 0.5) is 0 Å². The second-order valence-corrected chi connectivity index (χ2v) is 4.85. The lowest BCUT2D eigenvalue weighted by atomic mass is 10.2. The summed E-state index contributed by atoms with van der Waals surface area (Å²) in [5.74, 6) is 0. The molecule has 0 aliphatic carbocycles. The van der Waals surface area contributed by atoms with Crippen LogP contribution in [0.3, 0.4) is 0 Å². The van der Waals surface area contributed by atoms with Gasteiger partial charge in [-0.2, -0.15) is 0 Å². The van der Waals surface area contributed by atoms with Gasteiger partial charge in [-0.15, -0.1) is 0 Å². The maximum absolute atomic E-state index is 3.55. The first-order valence-electron chi connectivity index (χ1n) is 2.80. The molecule has 1 rings (SSSR count). The summed E-state index contributed by atoms with van der Waals surface area (Å²) in [6, 6.07) is 0. The highest BCUT2D eigenvalue weighted by atomic mass is 127. The SMILES string of the molecule is BrC1CCC(I)NC1. The van der Waals surface area contributed by atoms with E-state index in [9.17, 15) is 0 Å². The third kappa shape index (κ3) is 2.19. The minimum Gasteiger partial charge on any atom is -0.304 e. The van der Waals surface area contributed by atoms with Crippen LogP contribution in [0.1, 0.15) is 12.8 Å². The van der Waals surface area contributed by atoms with Crippen molar-refractivity contribution in [3.8, 4) is 0 Å². The van der Waals surface area contributed by atoms with Crippen molar-refractivity contribution in [2.45, 2.75) is 21.7 Å². The van der Waals surface area contributed by atoms with E-state index in [2.05, 4.69) is 43.8 Å². The maximum atomic E-state index is 3.55. The first-order chi connectivity index (χ1) is 3.79. The zero-order valence-electron chi connectivity index (χ0n) is 4.53. The maximum Gasteiger partial charge on any atom is 0.0594 e. The topological polar surface area (TPSA) is 12.0 Å². The third-order valence-electron chi connectivity index (χ3n) is 1.29. The van der Waals surface area contributed by atoms with Crippen molar-refractivity contribution in [3.05, 3.63) is 0 Å². The Balaban J connectivity index is 2.19. The Kier molecular flexibility index (Phi) is 3.06. The van der Waals surface area contributed by atoms with E-state index in [4.69, 9.17) is 0 Å². The van der Waals surface area contributed by atoms with Crippen molar-refractivity contribution >= 4 is 38.5 Å². The first kappa shape index (κ1) is 7.28. The minimum atomic E-state index is 0.710. The van der Waals surface area contributed by atoms with Crippen molar-refractivity contribution in [2.24, 2.45) is 0 Å². The Labute approximate surface area is 71.9 Å². The summed E-state index contributed by atoms with van der Waals surface area (Å²) in [7, 11) is 0. The number of alkyl halides is 2. The van der Waals surface area contributed by atoms with E-state index in [-0.39, 0.29) is 0 Å². The normalized spacial score (nSPS) is 39.8. The summed E-state index contributed by atoms with van der Waals surface area (Å²) in [6.45, 7) is 1.13. The molecular weight excluding hydrogens is 281 g/mol. The molecule has 3 heteroatoms. The molecule has 1 aliphatic heterocycles. The molecule has 8 heavy (non-hydrogen) atoms. The van der Waals surface area contributed by atoms with Crippen LogP contribution in [0, 0.1) is 0 Å². The molecule has 1 nitrogen and oxygen atoms in total. The molecular formula is C5H9BrIN. The zero-order valence-corrected chi connectivity index (χ0v) is 8.28. The standard InChI is InChI=1S/C5H9BrIN/c6-4-1-2-5(7)8-3-4/h4-5,8H,1-3H2. The van der Waals surface area contributed by atoms with Crippen LogP contribution < -0.4 is 5.32 Å². The predicted molar refractivity (Wildman–Crippen MR) is 47.8 cm³/mol. The zero-order chi connectivity index (χ0) is 5.98. The summed E-state index contributed by atoms with van der Waals surface area (Å²) in [5, 5.41) is 3.37. The van der Waals surface area contributed by atoms with Gasteiger partial charge in [0.25, 0.3) is 0 Å². The van der Waals surface area contributed by atoms with Gasteiger partial charge in [0.05, 0.1) is 4.05 Å². The fourth-order valence-corrected chi connectivity index (χ4v) is 1.85. The Bertz CT molecular complexity index is 60.8. The van der Waals surface area contributed by atoms with Gasteiger partial charge in [0.1, 0.15) is 0 Å². The second-order valence-electron chi connectivity index (χ2n) is 2.05. The van der Waals surface area contributed by atoms with E-state index in [0.717, 1.165) is 6.54 Å². The third-order valence-corrected chi connectivity index (χ3v) is 3.14. The summed E-state index contributed by atoms with van der Waals surface area (Å²) < 4.78 is 0.710. The van der Waals surface area contributed by atoms with Crippen LogP contribution in [-0.4, -0.2) is 15.4 Å². The molecule has 2 atom stereocenters. The fraction of sp³-hybridized carbons (Fsp3) is 1.00. The molecule has 0 amide bonds. The van der Waals surface area contributed by atoms with Crippen molar-refractivity contribution in [3.63, 3.8) is 0 Å². The predicted octanol–water partition coefficient (Wildman–Crippen LogP) is 1.89. The molecule has 1 aliphatic rings. The van der Waals surface area contributed by atoms with E-state index >= 15 is 0 Å². The molecule has 2 unspecified atom stereocenters. The van der Waals surface area contributed by atoms with Gasteiger partial charge in [0, 0.05) is 11.4 Å². The molecule has 1 heterocycles. The number of hydrogen-bond donors (Lipinski definition) is 1. The number of piperidine rings is 1. The monoisotopic (exact) mass is 289 g/mol. The molecule has 0 aromatic rings. The van der Waals surface area contributed by atoms with Crippen LogP contribution >= 0.6 is 38.5 Å². The number of rotatable bonds is 0. The quantitative estimate of drug-likeness (QED) is 0.408. The van der Waals surface area contributed by atoms with Crippen molar-refractivity contribution in [1.82, 2.24) is 5.32 Å². The van der Waals surface area contributed by atoms with E-state index < -0.39 is 0 Å².